The summed E-state index contributed by atoms with van der Waals surface area (Å²) >= 11 is 0. The lowest BCUT2D eigenvalue weighted by molar-refractivity contribution is -0.117. The van der Waals surface area contributed by atoms with Crippen LogP contribution in [0.15, 0.2) is 18.2 Å². The average molecular weight is 361 g/mol. The molecule has 0 saturated carbocycles. The van der Waals surface area contributed by atoms with Crippen molar-refractivity contribution in [3.63, 3.8) is 0 Å². The van der Waals surface area contributed by atoms with Gasteiger partial charge in [0.25, 0.3) is 0 Å². The van der Waals surface area contributed by atoms with Crippen LogP contribution in [0, 0.1) is 0 Å². The van der Waals surface area contributed by atoms with E-state index in [0.717, 1.165) is 36.0 Å². The predicted octanol–water partition coefficient (Wildman–Crippen LogP) is 3.69. The van der Waals surface area contributed by atoms with Gasteiger partial charge in [-0.25, -0.2) is 0 Å². The Balaban J connectivity index is 3.25. The number of rotatable bonds is 7. The number of aliphatic hydroxyl groups excluding tert-OH is 1. The molecule has 1 aromatic rings. The van der Waals surface area contributed by atoms with Crippen LogP contribution >= 0.6 is 0 Å². The Morgan fingerprint density at radius 2 is 1.81 bits per heavy atom. The summed E-state index contributed by atoms with van der Waals surface area (Å²) in [6.45, 7) is 12.9. The molecule has 1 aromatic carbocycles. The van der Waals surface area contributed by atoms with E-state index in [1.165, 1.54) is 5.56 Å². The summed E-state index contributed by atoms with van der Waals surface area (Å²) in [5.41, 5.74) is 9.39. The Hall–Kier alpha value is -1.65. The fourth-order valence-corrected chi connectivity index (χ4v) is 2.95. The fraction of sp³-hybridized carbons (Fsp3) is 0.591. The van der Waals surface area contributed by atoms with Gasteiger partial charge < -0.3 is 16.2 Å². The van der Waals surface area contributed by atoms with Crippen molar-refractivity contribution in [1.82, 2.24) is 5.32 Å². The number of nitrogens with two attached hydrogens (primary N) is 1. The van der Waals surface area contributed by atoms with Crippen molar-refractivity contribution in [2.75, 3.05) is 6.54 Å². The van der Waals surface area contributed by atoms with Crippen molar-refractivity contribution in [2.45, 2.75) is 78.4 Å². The fourth-order valence-electron chi connectivity index (χ4n) is 2.95. The smallest absolute Gasteiger partial charge is 0.244 e. The van der Waals surface area contributed by atoms with E-state index in [1.54, 1.807) is 6.08 Å². The molecule has 0 heterocycles. The molecule has 0 saturated heterocycles. The molecule has 0 aromatic heterocycles. The van der Waals surface area contributed by atoms with Crippen molar-refractivity contribution in [3.05, 3.63) is 40.5 Å². The molecule has 0 aliphatic heterocycles. The maximum atomic E-state index is 12.1. The number of benzene rings is 1. The first kappa shape index (κ1) is 22.4. The highest BCUT2D eigenvalue weighted by atomic mass is 16.3. The number of hydrogen-bond donors (Lipinski definition) is 3. The first-order valence-corrected chi connectivity index (χ1v) is 9.45. The van der Waals surface area contributed by atoms with Crippen molar-refractivity contribution < 1.29 is 9.90 Å². The topological polar surface area (TPSA) is 75.4 Å². The number of unbranched alkanes of at least 4 members (excludes halogenated alkanes) is 1. The van der Waals surface area contributed by atoms with E-state index in [9.17, 15) is 9.90 Å². The summed E-state index contributed by atoms with van der Waals surface area (Å²) < 4.78 is 0. The largest absolute Gasteiger partial charge is 0.392 e. The van der Waals surface area contributed by atoms with Crippen LogP contribution in [0.25, 0.3) is 6.08 Å². The maximum absolute atomic E-state index is 12.1. The monoisotopic (exact) mass is 360 g/mol. The van der Waals surface area contributed by atoms with Gasteiger partial charge in [0.05, 0.1) is 6.61 Å². The standard InChI is InChI=1S/C22H36N2O2/c1-21(2,3)19-14-16(9-7-8-12-23)13-17(18(19)15-25)10-11-20(26)24-22(4,5)6/h10-11,13-14,25H,7-9,12,15,23H2,1-6H3,(H,24,26)/b11-10+. The van der Waals surface area contributed by atoms with Gasteiger partial charge in [0.2, 0.25) is 5.91 Å². The second kappa shape index (κ2) is 9.33. The number of carbonyl (C=O) groups excluding carboxylic acids is 1. The van der Waals surface area contributed by atoms with Gasteiger partial charge in [-0.05, 0) is 80.3 Å². The van der Waals surface area contributed by atoms with Gasteiger partial charge >= 0.3 is 0 Å². The molecule has 0 unspecified atom stereocenters. The summed E-state index contributed by atoms with van der Waals surface area (Å²) in [5.74, 6) is -0.132. The first-order chi connectivity index (χ1) is 12.0. The van der Waals surface area contributed by atoms with Crippen LogP contribution in [-0.4, -0.2) is 23.1 Å². The summed E-state index contributed by atoms with van der Waals surface area (Å²) in [5, 5.41) is 12.9. The molecule has 4 N–H and O–H groups in total. The molecule has 0 fully saturated rings. The van der Waals surface area contributed by atoms with Crippen molar-refractivity contribution in [3.8, 4) is 0 Å². The molecule has 146 valence electrons. The normalized spacial score (nSPS) is 12.6. The molecule has 0 atom stereocenters. The van der Waals surface area contributed by atoms with Crippen molar-refractivity contribution >= 4 is 12.0 Å². The number of aliphatic hydroxyl groups is 1. The molecular formula is C22H36N2O2. The van der Waals surface area contributed by atoms with Crippen LogP contribution in [0.2, 0.25) is 0 Å². The minimum atomic E-state index is -0.276. The highest BCUT2D eigenvalue weighted by Gasteiger charge is 2.20. The highest BCUT2D eigenvalue weighted by molar-refractivity contribution is 5.92. The Labute approximate surface area is 158 Å². The SMILES string of the molecule is CC(C)(C)NC(=O)/C=C/c1cc(CCCCN)cc(C(C)(C)C)c1CO. The molecule has 26 heavy (non-hydrogen) atoms. The van der Waals surface area contributed by atoms with E-state index >= 15 is 0 Å². The van der Waals surface area contributed by atoms with Gasteiger partial charge in [-0.1, -0.05) is 32.9 Å². The number of aryl methyl sites for hydroxylation is 1. The second-order valence-electron chi connectivity index (χ2n) is 8.94. The summed E-state index contributed by atoms with van der Waals surface area (Å²) in [4.78, 5) is 12.1. The number of amides is 1. The number of carbonyl (C=O) groups is 1. The summed E-state index contributed by atoms with van der Waals surface area (Å²) in [6, 6.07) is 4.27. The van der Waals surface area contributed by atoms with Crippen molar-refractivity contribution in [2.24, 2.45) is 5.73 Å². The lowest BCUT2D eigenvalue weighted by Gasteiger charge is -2.25. The van der Waals surface area contributed by atoms with E-state index in [0.29, 0.717) is 6.54 Å². The molecule has 0 aliphatic carbocycles. The molecule has 1 amide bonds. The number of hydrogen-bond acceptors (Lipinski definition) is 3. The Bertz CT molecular complexity index is 635. The minimum absolute atomic E-state index is 0.0454. The van der Waals surface area contributed by atoms with Crippen LogP contribution in [0.1, 0.15) is 76.6 Å². The Morgan fingerprint density at radius 1 is 1.15 bits per heavy atom. The number of nitrogens with one attached hydrogen (secondary N) is 1. The molecule has 1 rings (SSSR count). The zero-order valence-electron chi connectivity index (χ0n) is 17.3. The Morgan fingerprint density at radius 3 is 2.31 bits per heavy atom. The van der Waals surface area contributed by atoms with Crippen molar-refractivity contribution in [1.29, 1.82) is 0 Å². The van der Waals surface area contributed by atoms with Gasteiger partial charge in [0.15, 0.2) is 0 Å². The van der Waals surface area contributed by atoms with Gasteiger partial charge in [-0.15, -0.1) is 0 Å². The zero-order valence-corrected chi connectivity index (χ0v) is 17.3. The minimum Gasteiger partial charge on any atom is -0.392 e. The third-order valence-corrected chi connectivity index (χ3v) is 4.14. The van der Waals surface area contributed by atoms with E-state index in [4.69, 9.17) is 5.73 Å². The summed E-state index contributed by atoms with van der Waals surface area (Å²) in [7, 11) is 0. The lowest BCUT2D eigenvalue weighted by Crippen LogP contribution is -2.39. The molecule has 4 nitrogen and oxygen atoms in total. The van der Waals surface area contributed by atoms with Crippen LogP contribution < -0.4 is 11.1 Å². The van der Waals surface area contributed by atoms with Crippen LogP contribution in [0.4, 0.5) is 0 Å². The van der Waals surface area contributed by atoms with Crippen LogP contribution in [0.5, 0.6) is 0 Å². The van der Waals surface area contributed by atoms with E-state index in [-0.39, 0.29) is 23.5 Å². The van der Waals surface area contributed by atoms with Gasteiger partial charge in [-0.2, -0.15) is 0 Å². The average Bonchev–Trinajstić information content (AvgIpc) is 2.50. The molecule has 0 spiro atoms. The van der Waals surface area contributed by atoms with Gasteiger partial charge in [0, 0.05) is 11.6 Å². The van der Waals surface area contributed by atoms with E-state index in [2.05, 4.69) is 38.2 Å². The Kier molecular flexibility index (Phi) is 8.04. The molecule has 0 radical (unpaired) electrons. The second-order valence-corrected chi connectivity index (χ2v) is 8.94. The molecule has 4 heteroatoms. The maximum Gasteiger partial charge on any atom is 0.244 e. The quantitative estimate of drug-likeness (QED) is 0.513. The third kappa shape index (κ3) is 7.30. The van der Waals surface area contributed by atoms with Gasteiger partial charge in [-0.3, -0.25) is 4.79 Å². The van der Waals surface area contributed by atoms with E-state index < -0.39 is 0 Å². The predicted molar refractivity (Wildman–Crippen MR) is 110 cm³/mol. The summed E-state index contributed by atoms with van der Waals surface area (Å²) in [6.07, 6.45) is 6.34. The molecule has 0 aliphatic rings. The first-order valence-electron chi connectivity index (χ1n) is 9.45. The highest BCUT2D eigenvalue weighted by Crippen LogP contribution is 2.31. The van der Waals surface area contributed by atoms with Crippen LogP contribution in [0.3, 0.4) is 0 Å². The zero-order chi connectivity index (χ0) is 20.0. The third-order valence-electron chi connectivity index (χ3n) is 4.14. The molecule has 0 bridgehead atoms. The van der Waals surface area contributed by atoms with Crippen LogP contribution in [-0.2, 0) is 23.2 Å². The lowest BCUT2D eigenvalue weighted by atomic mass is 9.80. The van der Waals surface area contributed by atoms with Gasteiger partial charge in [0.1, 0.15) is 0 Å². The van der Waals surface area contributed by atoms with E-state index in [1.807, 2.05) is 26.8 Å². The molecular weight excluding hydrogens is 324 g/mol.